The van der Waals surface area contributed by atoms with E-state index in [1.165, 1.54) is 12.8 Å². The Hall–Kier alpha value is -0.480. The van der Waals surface area contributed by atoms with Crippen molar-refractivity contribution in [3.05, 3.63) is 33.8 Å². The second kappa shape index (κ2) is 9.86. The van der Waals surface area contributed by atoms with Gasteiger partial charge in [-0.05, 0) is 44.1 Å². The monoisotopic (exact) mass is 392 g/mol. The van der Waals surface area contributed by atoms with Gasteiger partial charge in [-0.2, -0.15) is 0 Å². The summed E-state index contributed by atoms with van der Waals surface area (Å²) >= 11 is 12.0. The van der Waals surface area contributed by atoms with Crippen molar-refractivity contribution in [2.24, 2.45) is 0 Å². The van der Waals surface area contributed by atoms with Crippen LogP contribution in [0.4, 0.5) is 0 Å². The first-order valence-corrected chi connectivity index (χ1v) is 9.21. The molecule has 1 amide bonds. The highest BCUT2D eigenvalue weighted by atomic mass is 35.5. The van der Waals surface area contributed by atoms with Crippen LogP contribution < -0.4 is 0 Å². The number of benzene rings is 1. The number of hydrogen-bond donors (Lipinski definition) is 0. The van der Waals surface area contributed by atoms with Gasteiger partial charge in [-0.1, -0.05) is 49.9 Å². The molecule has 1 aliphatic rings. The Morgan fingerprint density at radius 1 is 1.08 bits per heavy atom. The third-order valence-corrected chi connectivity index (χ3v) is 5.70. The van der Waals surface area contributed by atoms with E-state index >= 15 is 0 Å². The molecular formula is C18H27Cl3N2O. The van der Waals surface area contributed by atoms with Gasteiger partial charge in [-0.3, -0.25) is 9.69 Å². The summed E-state index contributed by atoms with van der Waals surface area (Å²) in [6.45, 7) is 6.42. The molecule has 0 aliphatic heterocycles. The van der Waals surface area contributed by atoms with Gasteiger partial charge in [0.15, 0.2) is 0 Å². The first kappa shape index (κ1) is 21.6. The normalized spacial score (nSPS) is 20.6. The highest BCUT2D eigenvalue weighted by molar-refractivity contribution is 6.42. The van der Waals surface area contributed by atoms with Gasteiger partial charge in [0, 0.05) is 24.7 Å². The molecule has 2 rings (SSSR count). The third kappa shape index (κ3) is 4.78. The van der Waals surface area contributed by atoms with Crippen LogP contribution in [0.15, 0.2) is 18.2 Å². The lowest BCUT2D eigenvalue weighted by Crippen LogP contribution is -2.53. The molecule has 1 aromatic rings. The summed E-state index contributed by atoms with van der Waals surface area (Å²) in [7, 11) is 1.91. The Bertz CT molecular complexity index is 549. The fourth-order valence-electron chi connectivity index (χ4n) is 3.65. The molecular weight excluding hydrogens is 367 g/mol. The van der Waals surface area contributed by atoms with E-state index in [4.69, 9.17) is 23.2 Å². The van der Waals surface area contributed by atoms with Crippen molar-refractivity contribution in [1.82, 2.24) is 9.80 Å². The van der Waals surface area contributed by atoms with E-state index in [2.05, 4.69) is 18.7 Å². The van der Waals surface area contributed by atoms with Crippen LogP contribution in [0.2, 0.25) is 10.0 Å². The van der Waals surface area contributed by atoms with Crippen LogP contribution in [0.1, 0.15) is 49.9 Å². The Labute approximate surface area is 161 Å². The molecule has 0 N–H and O–H groups in total. The predicted molar refractivity (Wildman–Crippen MR) is 105 cm³/mol. The van der Waals surface area contributed by atoms with E-state index < -0.39 is 0 Å². The second-order valence-corrected chi connectivity index (χ2v) is 7.00. The molecule has 1 aliphatic carbocycles. The summed E-state index contributed by atoms with van der Waals surface area (Å²) in [5.74, 6) is 0.0209. The first-order valence-electron chi connectivity index (χ1n) is 8.45. The quantitative estimate of drug-likeness (QED) is 0.691. The van der Waals surface area contributed by atoms with Crippen molar-refractivity contribution in [3.63, 3.8) is 0 Å². The standard InChI is InChI=1S/C18H26Cl2N2O.ClH/c1-4-22(5-2)17-9-7-6-8-16(17)21(3)18(23)13-10-11-14(19)15(20)12-13;/h10-12,16-17H,4-9H2,1-3H3;1H/t16-,17-;/m1./s1. The zero-order chi connectivity index (χ0) is 17.0. The largest absolute Gasteiger partial charge is 0.337 e. The van der Waals surface area contributed by atoms with E-state index in [9.17, 15) is 4.79 Å². The Morgan fingerprint density at radius 3 is 2.21 bits per heavy atom. The summed E-state index contributed by atoms with van der Waals surface area (Å²) < 4.78 is 0. The summed E-state index contributed by atoms with van der Waals surface area (Å²) in [6.07, 6.45) is 4.64. The zero-order valence-electron chi connectivity index (χ0n) is 14.6. The van der Waals surface area contributed by atoms with Crippen molar-refractivity contribution in [2.75, 3.05) is 20.1 Å². The fraction of sp³-hybridized carbons (Fsp3) is 0.611. The minimum Gasteiger partial charge on any atom is -0.337 e. The summed E-state index contributed by atoms with van der Waals surface area (Å²) in [4.78, 5) is 17.2. The highest BCUT2D eigenvalue weighted by Gasteiger charge is 2.33. The molecule has 0 aromatic heterocycles. The Balaban J connectivity index is 0.00000288. The van der Waals surface area contributed by atoms with Crippen LogP contribution in [0.3, 0.4) is 0 Å². The molecule has 1 saturated carbocycles. The number of nitrogens with zero attached hydrogens (tertiary/aromatic N) is 2. The number of amides is 1. The minimum atomic E-state index is 0. The number of likely N-dealkylation sites (N-methyl/N-ethyl adjacent to an activating group) is 2. The lowest BCUT2D eigenvalue weighted by molar-refractivity contribution is 0.0465. The molecule has 24 heavy (non-hydrogen) atoms. The summed E-state index contributed by atoms with van der Waals surface area (Å²) in [5.41, 5.74) is 0.603. The van der Waals surface area contributed by atoms with Gasteiger partial charge in [0.2, 0.25) is 0 Å². The van der Waals surface area contributed by atoms with Crippen LogP contribution in [-0.2, 0) is 0 Å². The lowest BCUT2D eigenvalue weighted by atomic mass is 9.87. The predicted octanol–water partition coefficient (Wildman–Crippen LogP) is 5.14. The highest BCUT2D eigenvalue weighted by Crippen LogP contribution is 2.29. The van der Waals surface area contributed by atoms with Gasteiger partial charge >= 0.3 is 0 Å². The van der Waals surface area contributed by atoms with Crippen LogP contribution in [0, 0.1) is 0 Å². The summed E-state index contributed by atoms with van der Waals surface area (Å²) in [6, 6.07) is 5.80. The van der Waals surface area contributed by atoms with Crippen molar-refractivity contribution in [3.8, 4) is 0 Å². The van der Waals surface area contributed by atoms with Gasteiger partial charge in [0.1, 0.15) is 0 Å². The zero-order valence-corrected chi connectivity index (χ0v) is 16.9. The van der Waals surface area contributed by atoms with E-state index in [-0.39, 0.29) is 24.4 Å². The number of rotatable bonds is 5. The lowest BCUT2D eigenvalue weighted by Gasteiger charge is -2.43. The maximum atomic E-state index is 12.9. The van der Waals surface area contributed by atoms with Gasteiger partial charge in [-0.15, -0.1) is 12.4 Å². The van der Waals surface area contributed by atoms with E-state index in [0.717, 1.165) is 25.9 Å². The minimum absolute atomic E-state index is 0. The molecule has 0 unspecified atom stereocenters. The average molecular weight is 394 g/mol. The van der Waals surface area contributed by atoms with Gasteiger partial charge in [-0.25, -0.2) is 0 Å². The van der Waals surface area contributed by atoms with Crippen LogP contribution in [0.25, 0.3) is 0 Å². The first-order chi connectivity index (χ1) is 11.0. The van der Waals surface area contributed by atoms with Gasteiger partial charge in [0.25, 0.3) is 5.91 Å². The smallest absolute Gasteiger partial charge is 0.253 e. The number of hydrogen-bond acceptors (Lipinski definition) is 2. The van der Waals surface area contributed by atoms with E-state index in [1.807, 2.05) is 11.9 Å². The van der Waals surface area contributed by atoms with E-state index in [0.29, 0.717) is 21.7 Å². The van der Waals surface area contributed by atoms with Crippen molar-refractivity contribution in [2.45, 2.75) is 51.6 Å². The number of halogens is 3. The van der Waals surface area contributed by atoms with E-state index in [1.54, 1.807) is 18.2 Å². The molecule has 6 heteroatoms. The third-order valence-electron chi connectivity index (χ3n) is 4.96. The molecule has 0 saturated heterocycles. The van der Waals surface area contributed by atoms with Crippen LogP contribution >= 0.6 is 35.6 Å². The topological polar surface area (TPSA) is 23.6 Å². The molecule has 0 radical (unpaired) electrons. The molecule has 0 heterocycles. The molecule has 3 nitrogen and oxygen atoms in total. The van der Waals surface area contributed by atoms with Gasteiger partial charge in [0.05, 0.1) is 10.0 Å². The molecule has 2 atom stereocenters. The van der Waals surface area contributed by atoms with Gasteiger partial charge < -0.3 is 4.90 Å². The average Bonchev–Trinajstić information content (AvgIpc) is 2.57. The van der Waals surface area contributed by atoms with Crippen LogP contribution in [-0.4, -0.2) is 47.9 Å². The Kier molecular flexibility index (Phi) is 8.86. The van der Waals surface area contributed by atoms with Crippen molar-refractivity contribution >= 4 is 41.5 Å². The summed E-state index contributed by atoms with van der Waals surface area (Å²) in [5, 5.41) is 0.902. The van der Waals surface area contributed by atoms with Crippen molar-refractivity contribution in [1.29, 1.82) is 0 Å². The SMILES string of the molecule is CCN(CC)[C@@H]1CCCC[C@H]1N(C)C(=O)c1ccc(Cl)c(Cl)c1.Cl. The number of carbonyl (C=O) groups is 1. The molecule has 136 valence electrons. The fourth-order valence-corrected chi connectivity index (χ4v) is 3.94. The number of carbonyl (C=O) groups excluding carboxylic acids is 1. The molecule has 0 bridgehead atoms. The maximum absolute atomic E-state index is 12.9. The maximum Gasteiger partial charge on any atom is 0.253 e. The molecule has 1 fully saturated rings. The molecule has 1 aromatic carbocycles. The second-order valence-electron chi connectivity index (χ2n) is 6.19. The molecule has 0 spiro atoms. The van der Waals surface area contributed by atoms with Crippen molar-refractivity contribution < 1.29 is 4.79 Å². The van der Waals surface area contributed by atoms with Crippen LogP contribution in [0.5, 0.6) is 0 Å². The Morgan fingerprint density at radius 2 is 1.67 bits per heavy atom.